The molecule has 8 heteroatoms. The second-order valence-corrected chi connectivity index (χ2v) is 7.41. The van der Waals surface area contributed by atoms with Gasteiger partial charge >= 0.3 is 0 Å². The summed E-state index contributed by atoms with van der Waals surface area (Å²) in [4.78, 5) is 31.6. The van der Waals surface area contributed by atoms with Crippen molar-refractivity contribution in [1.82, 2.24) is 9.88 Å². The molecule has 0 bridgehead atoms. The van der Waals surface area contributed by atoms with Crippen LogP contribution in [0.5, 0.6) is 11.5 Å². The summed E-state index contributed by atoms with van der Waals surface area (Å²) in [5, 5.41) is 11.2. The summed E-state index contributed by atoms with van der Waals surface area (Å²) < 4.78 is 24.4. The maximum Gasteiger partial charge on any atom is 0.295 e. The van der Waals surface area contributed by atoms with Crippen LogP contribution in [-0.2, 0) is 16.1 Å². The second-order valence-electron chi connectivity index (χ2n) is 7.41. The molecular weight excluding hydrogens is 427 g/mol. The number of aliphatic hydroxyl groups is 1. The van der Waals surface area contributed by atoms with Gasteiger partial charge in [0.2, 0.25) is 0 Å². The molecule has 168 valence electrons. The minimum Gasteiger partial charge on any atom is -0.507 e. The Hall–Kier alpha value is -4.20. The van der Waals surface area contributed by atoms with Gasteiger partial charge in [-0.1, -0.05) is 18.2 Å². The van der Waals surface area contributed by atoms with Crippen LogP contribution in [0.2, 0.25) is 0 Å². The molecule has 3 aromatic rings. The highest BCUT2D eigenvalue weighted by Crippen LogP contribution is 2.42. The Morgan fingerprint density at radius 2 is 1.85 bits per heavy atom. The maximum absolute atomic E-state index is 14.0. The van der Waals surface area contributed by atoms with Crippen LogP contribution >= 0.6 is 0 Å². The zero-order valence-electron chi connectivity index (χ0n) is 18.0. The number of carbonyl (C=O) groups excluding carboxylic acids is 2. The highest BCUT2D eigenvalue weighted by Gasteiger charge is 2.46. The normalized spacial score (nSPS) is 17.3. The van der Waals surface area contributed by atoms with Crippen LogP contribution < -0.4 is 9.47 Å². The van der Waals surface area contributed by atoms with Crippen molar-refractivity contribution in [2.24, 2.45) is 0 Å². The molecule has 0 spiro atoms. The zero-order chi connectivity index (χ0) is 23.5. The van der Waals surface area contributed by atoms with Crippen molar-refractivity contribution in [2.75, 3.05) is 14.2 Å². The lowest BCUT2D eigenvalue weighted by atomic mass is 9.94. The first-order valence-corrected chi connectivity index (χ1v) is 10.1. The van der Waals surface area contributed by atoms with Gasteiger partial charge in [-0.05, 0) is 47.5 Å². The fourth-order valence-corrected chi connectivity index (χ4v) is 3.87. The van der Waals surface area contributed by atoms with Gasteiger partial charge in [-0.15, -0.1) is 0 Å². The Morgan fingerprint density at radius 3 is 2.48 bits per heavy atom. The molecule has 1 aliphatic heterocycles. The Morgan fingerprint density at radius 1 is 1.09 bits per heavy atom. The summed E-state index contributed by atoms with van der Waals surface area (Å²) in [7, 11) is 2.89. The van der Waals surface area contributed by atoms with Crippen molar-refractivity contribution in [1.29, 1.82) is 0 Å². The lowest BCUT2D eigenvalue weighted by molar-refractivity contribution is -0.140. The van der Waals surface area contributed by atoms with E-state index in [1.807, 2.05) is 0 Å². The van der Waals surface area contributed by atoms with Crippen LogP contribution in [0.15, 0.2) is 72.6 Å². The minimum absolute atomic E-state index is 0.0182. The molecule has 1 atom stereocenters. The first kappa shape index (κ1) is 22.0. The Bertz CT molecular complexity index is 1230. The Labute approximate surface area is 189 Å². The van der Waals surface area contributed by atoms with Gasteiger partial charge in [-0.2, -0.15) is 0 Å². The quantitative estimate of drug-likeness (QED) is 0.350. The van der Waals surface area contributed by atoms with E-state index in [-0.39, 0.29) is 23.4 Å². The molecule has 2 aromatic carbocycles. The van der Waals surface area contributed by atoms with Crippen LogP contribution in [0.1, 0.15) is 22.7 Å². The number of hydrogen-bond donors (Lipinski definition) is 1. The molecular formula is C25H21FN2O5. The third-order valence-electron chi connectivity index (χ3n) is 5.46. The number of aliphatic hydroxyl groups excluding tert-OH is 1. The Balaban J connectivity index is 1.90. The fourth-order valence-electron chi connectivity index (χ4n) is 3.87. The molecule has 7 nitrogen and oxygen atoms in total. The number of likely N-dealkylation sites (tertiary alicyclic amines) is 1. The van der Waals surface area contributed by atoms with Gasteiger partial charge in [0, 0.05) is 18.9 Å². The van der Waals surface area contributed by atoms with Gasteiger partial charge in [0.25, 0.3) is 11.7 Å². The number of rotatable bonds is 6. The second kappa shape index (κ2) is 9.12. The molecule has 33 heavy (non-hydrogen) atoms. The third-order valence-corrected chi connectivity index (χ3v) is 5.46. The molecule has 1 fully saturated rings. The summed E-state index contributed by atoms with van der Waals surface area (Å²) in [5.41, 5.74) is 1.12. The van der Waals surface area contributed by atoms with Crippen LogP contribution in [0.3, 0.4) is 0 Å². The zero-order valence-corrected chi connectivity index (χ0v) is 18.0. The minimum atomic E-state index is -0.913. The lowest BCUT2D eigenvalue weighted by Gasteiger charge is -2.25. The van der Waals surface area contributed by atoms with Gasteiger partial charge in [0.1, 0.15) is 23.1 Å². The maximum atomic E-state index is 14.0. The molecule has 0 aliphatic carbocycles. The summed E-state index contributed by atoms with van der Waals surface area (Å²) in [6.45, 7) is 0.0895. The van der Waals surface area contributed by atoms with E-state index in [1.54, 1.807) is 48.8 Å². The van der Waals surface area contributed by atoms with Crippen molar-refractivity contribution >= 4 is 17.4 Å². The highest BCUT2D eigenvalue weighted by atomic mass is 19.1. The largest absolute Gasteiger partial charge is 0.507 e. The predicted molar refractivity (Wildman–Crippen MR) is 118 cm³/mol. The average Bonchev–Trinajstić information content (AvgIpc) is 3.09. The van der Waals surface area contributed by atoms with E-state index < -0.39 is 29.3 Å². The van der Waals surface area contributed by atoms with E-state index in [2.05, 4.69) is 4.98 Å². The number of carbonyl (C=O) groups is 2. The van der Waals surface area contributed by atoms with Crippen molar-refractivity contribution in [3.8, 4) is 11.5 Å². The van der Waals surface area contributed by atoms with Crippen LogP contribution in [0.25, 0.3) is 5.76 Å². The number of benzene rings is 2. The summed E-state index contributed by atoms with van der Waals surface area (Å²) in [6.07, 6.45) is 3.20. The van der Waals surface area contributed by atoms with E-state index in [0.29, 0.717) is 16.9 Å². The highest BCUT2D eigenvalue weighted by molar-refractivity contribution is 6.46. The number of ketones is 1. The summed E-state index contributed by atoms with van der Waals surface area (Å²) >= 11 is 0. The lowest BCUT2D eigenvalue weighted by Crippen LogP contribution is -2.29. The molecule has 1 amide bonds. The molecule has 1 saturated heterocycles. The van der Waals surface area contributed by atoms with Crippen molar-refractivity contribution in [3.05, 3.63) is 95.1 Å². The fraction of sp³-hybridized carbons (Fsp3) is 0.160. The number of methoxy groups -OCH3 is 2. The summed E-state index contributed by atoms with van der Waals surface area (Å²) in [6, 6.07) is 13.0. The Kier molecular flexibility index (Phi) is 6.08. The van der Waals surface area contributed by atoms with Crippen molar-refractivity contribution in [2.45, 2.75) is 12.6 Å². The van der Waals surface area contributed by atoms with E-state index in [0.717, 1.165) is 6.07 Å². The number of ether oxygens (including phenoxy) is 2. The smallest absolute Gasteiger partial charge is 0.295 e. The van der Waals surface area contributed by atoms with Gasteiger partial charge < -0.3 is 19.5 Å². The molecule has 1 aromatic heterocycles. The SMILES string of the molecule is COc1ccc(C2/C(=C(\O)c3cc(F)ccc3OC)C(=O)C(=O)N2Cc2cccnc2)cc1. The van der Waals surface area contributed by atoms with Gasteiger partial charge in [-0.3, -0.25) is 14.6 Å². The number of aromatic nitrogens is 1. The topological polar surface area (TPSA) is 89.0 Å². The first-order chi connectivity index (χ1) is 15.9. The van der Waals surface area contributed by atoms with Crippen LogP contribution in [-0.4, -0.2) is 40.9 Å². The molecule has 1 aliphatic rings. The number of pyridine rings is 1. The molecule has 0 radical (unpaired) electrons. The molecule has 1 unspecified atom stereocenters. The van der Waals surface area contributed by atoms with E-state index in [1.165, 1.54) is 31.3 Å². The monoisotopic (exact) mass is 448 g/mol. The molecule has 4 rings (SSSR count). The first-order valence-electron chi connectivity index (χ1n) is 10.1. The van der Waals surface area contributed by atoms with Gasteiger partial charge in [0.05, 0.1) is 31.4 Å². The van der Waals surface area contributed by atoms with Gasteiger partial charge in [0.15, 0.2) is 0 Å². The summed E-state index contributed by atoms with van der Waals surface area (Å²) in [5.74, 6) is -2.03. The number of nitrogens with zero attached hydrogens (tertiary/aromatic N) is 2. The van der Waals surface area contributed by atoms with Crippen LogP contribution in [0.4, 0.5) is 4.39 Å². The number of Topliss-reactive ketones (excluding diaryl/α,β-unsaturated/α-hetero) is 1. The van der Waals surface area contributed by atoms with Crippen molar-refractivity contribution in [3.63, 3.8) is 0 Å². The van der Waals surface area contributed by atoms with Crippen LogP contribution in [0, 0.1) is 5.82 Å². The number of halogens is 1. The average molecular weight is 448 g/mol. The standard InChI is InChI=1S/C25H21FN2O5/c1-32-18-8-5-16(6-9-18)22-21(23(29)19-12-17(26)7-10-20(19)33-2)24(30)25(31)28(22)14-15-4-3-11-27-13-15/h3-13,22,29H,14H2,1-2H3/b23-21+. The van der Waals surface area contributed by atoms with Crippen molar-refractivity contribution < 1.29 is 28.6 Å². The third kappa shape index (κ3) is 4.15. The van der Waals surface area contributed by atoms with E-state index in [9.17, 15) is 19.1 Å². The van der Waals surface area contributed by atoms with Gasteiger partial charge in [-0.25, -0.2) is 4.39 Å². The molecule has 2 heterocycles. The number of hydrogen-bond acceptors (Lipinski definition) is 6. The molecule has 0 saturated carbocycles. The van der Waals surface area contributed by atoms with E-state index in [4.69, 9.17) is 9.47 Å². The van der Waals surface area contributed by atoms with E-state index >= 15 is 0 Å². The molecule has 1 N–H and O–H groups in total. The predicted octanol–water partition coefficient (Wildman–Crippen LogP) is 3.86. The number of amides is 1.